The number of ether oxygens (including phenoxy) is 2. The molecule has 3 heterocycles. The fourth-order valence-corrected chi connectivity index (χ4v) is 8.05. The van der Waals surface area contributed by atoms with Gasteiger partial charge in [0.05, 0.1) is 19.6 Å². The molecule has 4 aliphatic rings. The van der Waals surface area contributed by atoms with Crippen molar-refractivity contribution in [2.45, 2.75) is 17.2 Å². The van der Waals surface area contributed by atoms with Crippen LogP contribution in [0, 0.1) is 5.41 Å². The van der Waals surface area contributed by atoms with E-state index in [0.29, 0.717) is 29.8 Å². The van der Waals surface area contributed by atoms with Gasteiger partial charge in [0.15, 0.2) is 17.3 Å². The minimum Gasteiger partial charge on any atom is -0.497 e. The van der Waals surface area contributed by atoms with Crippen molar-refractivity contribution in [1.29, 1.82) is 0 Å². The molecule has 3 saturated heterocycles. The van der Waals surface area contributed by atoms with Gasteiger partial charge in [0.25, 0.3) is 0 Å². The number of hydrogen-bond donors (Lipinski definition) is 1. The van der Waals surface area contributed by atoms with Crippen molar-refractivity contribution in [2.75, 3.05) is 40.9 Å². The summed E-state index contributed by atoms with van der Waals surface area (Å²) in [5, 5.41) is 12.8. The van der Waals surface area contributed by atoms with Crippen molar-refractivity contribution in [3.63, 3.8) is 0 Å². The zero-order valence-corrected chi connectivity index (χ0v) is 22.2. The summed E-state index contributed by atoms with van der Waals surface area (Å²) >= 11 is 0. The Kier molecular flexibility index (Phi) is 5.05. The molecule has 0 saturated carbocycles. The molecular weight excluding hydrogens is 492 g/mol. The van der Waals surface area contributed by atoms with E-state index in [1.54, 1.807) is 20.3 Å². The first-order valence-electron chi connectivity index (χ1n) is 13.2. The Morgan fingerprint density at radius 3 is 2.21 bits per heavy atom. The summed E-state index contributed by atoms with van der Waals surface area (Å²) in [6, 6.07) is 22.6. The molecular formula is C32H30N2O5. The summed E-state index contributed by atoms with van der Waals surface area (Å²) in [5.74, 6) is 0.894. The number of hydrogen-bond acceptors (Lipinski definition) is 7. The van der Waals surface area contributed by atoms with E-state index in [1.807, 2.05) is 89.7 Å². The lowest BCUT2D eigenvalue weighted by molar-refractivity contribution is -0.145. The summed E-state index contributed by atoms with van der Waals surface area (Å²) in [6.45, 7) is 1.00. The van der Waals surface area contributed by atoms with E-state index in [-0.39, 0.29) is 24.0 Å². The minimum absolute atomic E-state index is 0.0724. The number of ketones is 2. The fourth-order valence-electron chi connectivity index (χ4n) is 8.05. The first-order valence-corrected chi connectivity index (χ1v) is 13.2. The van der Waals surface area contributed by atoms with Crippen LogP contribution in [0.25, 0.3) is 6.08 Å². The number of benzene rings is 3. The van der Waals surface area contributed by atoms with Crippen LogP contribution in [0.1, 0.15) is 33.0 Å². The molecule has 1 N–H and O–H groups in total. The molecule has 0 amide bonds. The van der Waals surface area contributed by atoms with Crippen LogP contribution in [0.5, 0.6) is 11.5 Å². The number of methoxy groups -OCH3 is 2. The van der Waals surface area contributed by atoms with Gasteiger partial charge >= 0.3 is 0 Å². The van der Waals surface area contributed by atoms with Crippen LogP contribution in [0.2, 0.25) is 0 Å². The van der Waals surface area contributed by atoms with E-state index in [2.05, 4.69) is 0 Å². The molecule has 39 heavy (non-hydrogen) atoms. The highest BCUT2D eigenvalue weighted by Gasteiger charge is 2.87. The predicted octanol–water partition coefficient (Wildman–Crippen LogP) is 3.48. The Labute approximate surface area is 227 Å². The SMILES string of the molecule is COc1ccc(/C=C2\CN3C[C@@]4(C2=O)[C@@H](c2ccc(OC)cc2)CN(C)[C@]42C(=O)c4ccccc4[C@]32O)cc1. The number of piperidine rings is 1. The number of likely N-dealkylation sites (tertiary alicyclic amines) is 1. The topological polar surface area (TPSA) is 79.3 Å². The van der Waals surface area contributed by atoms with Crippen LogP contribution in [0.4, 0.5) is 0 Å². The molecule has 2 spiro atoms. The maximum atomic E-state index is 14.9. The zero-order chi connectivity index (χ0) is 27.2. The van der Waals surface area contributed by atoms with E-state index < -0.39 is 16.7 Å². The number of Topliss-reactive ketones (excluding diaryl/α,β-unsaturated/α-hetero) is 2. The average Bonchev–Trinajstić information content (AvgIpc) is 3.44. The van der Waals surface area contributed by atoms with Crippen molar-refractivity contribution >= 4 is 17.6 Å². The van der Waals surface area contributed by atoms with Gasteiger partial charge in [-0.15, -0.1) is 0 Å². The lowest BCUT2D eigenvalue weighted by Gasteiger charge is -2.44. The van der Waals surface area contributed by atoms with Gasteiger partial charge in [0.2, 0.25) is 0 Å². The van der Waals surface area contributed by atoms with Gasteiger partial charge in [-0.25, -0.2) is 0 Å². The van der Waals surface area contributed by atoms with E-state index in [0.717, 1.165) is 22.6 Å². The van der Waals surface area contributed by atoms with Gasteiger partial charge in [-0.2, -0.15) is 0 Å². The number of likely N-dealkylation sites (N-methyl/N-ethyl adjacent to an activating group) is 1. The largest absolute Gasteiger partial charge is 0.497 e. The summed E-state index contributed by atoms with van der Waals surface area (Å²) in [4.78, 5) is 33.4. The molecule has 7 nitrogen and oxygen atoms in total. The molecule has 3 fully saturated rings. The van der Waals surface area contributed by atoms with E-state index >= 15 is 0 Å². The summed E-state index contributed by atoms with van der Waals surface area (Å²) in [6.07, 6.45) is 1.90. The normalized spacial score (nSPS) is 33.7. The molecule has 5 atom stereocenters. The van der Waals surface area contributed by atoms with Crippen LogP contribution in [0.3, 0.4) is 0 Å². The molecule has 1 unspecified atom stereocenters. The van der Waals surface area contributed by atoms with Gasteiger partial charge in [0, 0.05) is 42.3 Å². The second kappa shape index (κ2) is 8.11. The second-order valence-corrected chi connectivity index (χ2v) is 11.1. The van der Waals surface area contributed by atoms with Crippen molar-refractivity contribution in [1.82, 2.24) is 9.80 Å². The standard InChI is InChI=1S/C32H30N2O5/c1-33-18-27(21-10-14-24(39-3)15-11-21)30-19-34(17-22(28(30)35)16-20-8-12-23(38-2)13-9-20)32(37)26-7-5-4-6-25(26)29(36)31(30,32)33/h4-16,27,37H,17-19H2,1-3H3/b22-16+/t27-,30+,31-,32-/m1/s1. The maximum Gasteiger partial charge on any atom is 0.189 e. The number of rotatable bonds is 4. The van der Waals surface area contributed by atoms with Crippen molar-refractivity contribution in [2.24, 2.45) is 5.41 Å². The highest BCUT2D eigenvalue weighted by molar-refractivity contribution is 6.18. The van der Waals surface area contributed by atoms with E-state index in [9.17, 15) is 14.7 Å². The second-order valence-electron chi connectivity index (χ2n) is 11.1. The van der Waals surface area contributed by atoms with Crippen LogP contribution in [-0.4, -0.2) is 72.9 Å². The maximum absolute atomic E-state index is 14.9. The zero-order valence-electron chi connectivity index (χ0n) is 22.2. The average molecular weight is 523 g/mol. The first-order chi connectivity index (χ1) is 18.8. The third-order valence-corrected chi connectivity index (χ3v) is 9.58. The molecule has 3 aromatic carbocycles. The van der Waals surface area contributed by atoms with Crippen molar-refractivity contribution < 1.29 is 24.2 Å². The summed E-state index contributed by atoms with van der Waals surface area (Å²) < 4.78 is 10.7. The Morgan fingerprint density at radius 1 is 0.897 bits per heavy atom. The molecule has 198 valence electrons. The Bertz CT molecular complexity index is 1550. The summed E-state index contributed by atoms with van der Waals surface area (Å²) in [5.41, 5.74) is -0.785. The van der Waals surface area contributed by atoms with Crippen LogP contribution in [0.15, 0.2) is 78.4 Å². The fraction of sp³-hybridized carbons (Fsp3) is 0.312. The molecule has 7 rings (SSSR count). The molecule has 1 aliphatic carbocycles. The number of nitrogens with zero attached hydrogens (tertiary/aromatic N) is 2. The quantitative estimate of drug-likeness (QED) is 0.526. The Morgan fingerprint density at radius 2 is 1.54 bits per heavy atom. The van der Waals surface area contributed by atoms with E-state index in [4.69, 9.17) is 9.47 Å². The highest BCUT2D eigenvalue weighted by atomic mass is 16.5. The molecule has 7 heteroatoms. The predicted molar refractivity (Wildman–Crippen MR) is 146 cm³/mol. The lowest BCUT2D eigenvalue weighted by Crippen LogP contribution is -2.66. The number of carbonyl (C=O) groups is 2. The van der Waals surface area contributed by atoms with Crippen LogP contribution in [-0.2, 0) is 10.5 Å². The minimum atomic E-state index is -1.64. The monoisotopic (exact) mass is 522 g/mol. The first kappa shape index (κ1) is 24.3. The molecule has 0 aromatic heterocycles. The van der Waals surface area contributed by atoms with Gasteiger partial charge in [-0.05, 0) is 48.5 Å². The van der Waals surface area contributed by atoms with Crippen LogP contribution < -0.4 is 9.47 Å². The van der Waals surface area contributed by atoms with E-state index in [1.165, 1.54) is 0 Å². The third kappa shape index (κ3) is 2.72. The number of fused-ring (bicyclic) bond motifs is 4. The summed E-state index contributed by atoms with van der Waals surface area (Å²) in [7, 11) is 5.12. The van der Waals surface area contributed by atoms with Gasteiger partial charge in [-0.3, -0.25) is 19.4 Å². The van der Waals surface area contributed by atoms with Gasteiger partial charge < -0.3 is 14.6 Å². The highest BCUT2D eigenvalue weighted by Crippen LogP contribution is 2.71. The number of aliphatic hydroxyl groups is 1. The molecule has 3 aromatic rings. The smallest absolute Gasteiger partial charge is 0.189 e. The Balaban J connectivity index is 1.47. The molecule has 3 aliphatic heterocycles. The lowest BCUT2D eigenvalue weighted by atomic mass is 9.58. The van der Waals surface area contributed by atoms with Crippen molar-refractivity contribution in [3.8, 4) is 11.5 Å². The van der Waals surface area contributed by atoms with Crippen molar-refractivity contribution in [3.05, 3.63) is 101 Å². The van der Waals surface area contributed by atoms with Crippen LogP contribution >= 0.6 is 0 Å². The van der Waals surface area contributed by atoms with Gasteiger partial charge in [0.1, 0.15) is 17.0 Å². The Hall–Kier alpha value is -3.78. The van der Waals surface area contributed by atoms with Gasteiger partial charge in [-0.1, -0.05) is 48.5 Å². The third-order valence-electron chi connectivity index (χ3n) is 9.58. The number of carbonyl (C=O) groups excluding carboxylic acids is 2. The molecule has 2 bridgehead atoms. The molecule has 0 radical (unpaired) electrons.